The number of benzene rings is 1. The van der Waals surface area contributed by atoms with Crippen LogP contribution in [0, 0.1) is 0 Å². The molecule has 1 amide bonds. The first-order valence-electron chi connectivity index (χ1n) is 5.92. The molecule has 0 radical (unpaired) electrons. The fraction of sp³-hybridized carbons (Fsp3) is 0.250. The van der Waals surface area contributed by atoms with Gasteiger partial charge in [0.15, 0.2) is 8.68 Å². The van der Waals surface area contributed by atoms with E-state index in [1.54, 1.807) is 30.0 Å². The lowest BCUT2D eigenvalue weighted by molar-refractivity contribution is -0.113. The first-order chi connectivity index (χ1) is 10.1. The number of thioether (sulfide) groups is 2. The van der Waals surface area contributed by atoms with Crippen molar-refractivity contribution in [2.45, 2.75) is 15.6 Å². The summed E-state index contributed by atoms with van der Waals surface area (Å²) in [5.74, 6) is 1.10. The standard InChI is InChI=1S/C12H11Cl2N3OS3/c1-2-19-11-16-17-12(21-11)20-6-10(18)15-7-3-4-8(13)9(14)5-7/h3-5H,2,6H2,1H3,(H,15,18). The van der Waals surface area contributed by atoms with Crippen molar-refractivity contribution < 1.29 is 4.79 Å². The van der Waals surface area contributed by atoms with Gasteiger partial charge in [0.1, 0.15) is 0 Å². The fourth-order valence-corrected chi connectivity index (χ4v) is 4.35. The maximum absolute atomic E-state index is 11.9. The number of carbonyl (C=O) groups excluding carboxylic acids is 1. The molecule has 0 fully saturated rings. The molecule has 2 rings (SSSR count). The molecule has 1 N–H and O–H groups in total. The molecule has 0 atom stereocenters. The van der Waals surface area contributed by atoms with Crippen LogP contribution < -0.4 is 5.32 Å². The van der Waals surface area contributed by atoms with Crippen LogP contribution in [0.3, 0.4) is 0 Å². The first-order valence-corrected chi connectivity index (χ1v) is 9.47. The molecule has 4 nitrogen and oxygen atoms in total. The Morgan fingerprint density at radius 1 is 1.24 bits per heavy atom. The zero-order chi connectivity index (χ0) is 15.2. The van der Waals surface area contributed by atoms with Gasteiger partial charge in [-0.2, -0.15) is 0 Å². The molecule has 1 aromatic carbocycles. The minimum absolute atomic E-state index is 0.127. The van der Waals surface area contributed by atoms with Crippen molar-refractivity contribution in [2.75, 3.05) is 16.8 Å². The zero-order valence-electron chi connectivity index (χ0n) is 10.9. The Morgan fingerprint density at radius 2 is 1.95 bits per heavy atom. The van der Waals surface area contributed by atoms with Gasteiger partial charge in [-0.3, -0.25) is 4.79 Å². The van der Waals surface area contributed by atoms with Crippen LogP contribution in [0.25, 0.3) is 0 Å². The second kappa shape index (κ2) is 8.24. The molecule has 0 saturated heterocycles. The Bertz CT molecular complexity index is 636. The van der Waals surface area contributed by atoms with Crippen LogP contribution in [0.2, 0.25) is 10.0 Å². The van der Waals surface area contributed by atoms with Gasteiger partial charge in [0, 0.05) is 5.69 Å². The van der Waals surface area contributed by atoms with Crippen molar-refractivity contribution in [1.82, 2.24) is 10.2 Å². The van der Waals surface area contributed by atoms with Crippen LogP contribution in [0.5, 0.6) is 0 Å². The largest absolute Gasteiger partial charge is 0.325 e. The third-order valence-electron chi connectivity index (χ3n) is 2.19. The van der Waals surface area contributed by atoms with E-state index in [0.29, 0.717) is 15.7 Å². The lowest BCUT2D eigenvalue weighted by Gasteiger charge is -2.05. The maximum atomic E-state index is 11.9. The summed E-state index contributed by atoms with van der Waals surface area (Å²) in [5.41, 5.74) is 0.620. The molecule has 112 valence electrons. The quantitative estimate of drug-likeness (QED) is 0.737. The number of amides is 1. The summed E-state index contributed by atoms with van der Waals surface area (Å²) in [5, 5.41) is 11.7. The van der Waals surface area contributed by atoms with Crippen LogP contribution >= 0.6 is 58.1 Å². The molecule has 21 heavy (non-hydrogen) atoms. The van der Waals surface area contributed by atoms with Crippen molar-refractivity contribution in [3.05, 3.63) is 28.2 Å². The van der Waals surface area contributed by atoms with Crippen molar-refractivity contribution in [2.24, 2.45) is 0 Å². The van der Waals surface area contributed by atoms with Crippen molar-refractivity contribution in [3.63, 3.8) is 0 Å². The Balaban J connectivity index is 1.85. The smallest absolute Gasteiger partial charge is 0.234 e. The molecule has 0 aliphatic rings. The van der Waals surface area contributed by atoms with Crippen LogP contribution in [-0.4, -0.2) is 27.6 Å². The average molecular weight is 380 g/mol. The van der Waals surface area contributed by atoms with Gasteiger partial charge < -0.3 is 5.32 Å². The second-order valence-electron chi connectivity index (χ2n) is 3.73. The van der Waals surface area contributed by atoms with E-state index < -0.39 is 0 Å². The number of nitrogens with one attached hydrogen (secondary N) is 1. The minimum atomic E-state index is -0.127. The molecular weight excluding hydrogens is 369 g/mol. The van der Waals surface area contributed by atoms with E-state index in [1.165, 1.54) is 23.1 Å². The topological polar surface area (TPSA) is 54.9 Å². The van der Waals surface area contributed by atoms with E-state index in [2.05, 4.69) is 22.4 Å². The highest BCUT2D eigenvalue weighted by Crippen LogP contribution is 2.29. The van der Waals surface area contributed by atoms with Gasteiger partial charge in [-0.1, -0.05) is 65.0 Å². The summed E-state index contributed by atoms with van der Waals surface area (Å²) in [4.78, 5) is 11.9. The highest BCUT2D eigenvalue weighted by Gasteiger charge is 2.09. The van der Waals surface area contributed by atoms with Crippen LogP contribution in [-0.2, 0) is 4.79 Å². The predicted molar refractivity (Wildman–Crippen MR) is 92.1 cm³/mol. The molecule has 0 aliphatic heterocycles. The summed E-state index contributed by atoms with van der Waals surface area (Å²) in [7, 11) is 0. The van der Waals surface area contributed by atoms with Crippen molar-refractivity contribution in [1.29, 1.82) is 0 Å². The monoisotopic (exact) mass is 379 g/mol. The summed E-state index contributed by atoms with van der Waals surface area (Å²) in [6.45, 7) is 2.06. The average Bonchev–Trinajstić information content (AvgIpc) is 2.89. The Hall–Kier alpha value is -0.470. The SMILES string of the molecule is CCSc1nnc(SCC(=O)Nc2ccc(Cl)c(Cl)c2)s1. The van der Waals surface area contributed by atoms with Crippen LogP contribution in [0.1, 0.15) is 6.92 Å². The normalized spacial score (nSPS) is 10.6. The second-order valence-corrected chi connectivity index (χ2v) is 8.26. The van der Waals surface area contributed by atoms with Crippen molar-refractivity contribution >= 4 is 69.7 Å². The lowest BCUT2D eigenvalue weighted by Crippen LogP contribution is -2.13. The summed E-state index contributed by atoms with van der Waals surface area (Å²) in [6.07, 6.45) is 0. The molecule has 1 heterocycles. The number of hydrogen-bond donors (Lipinski definition) is 1. The molecule has 0 unspecified atom stereocenters. The van der Waals surface area contributed by atoms with E-state index in [4.69, 9.17) is 23.2 Å². The number of aromatic nitrogens is 2. The van der Waals surface area contributed by atoms with E-state index >= 15 is 0 Å². The zero-order valence-corrected chi connectivity index (χ0v) is 14.9. The van der Waals surface area contributed by atoms with Crippen LogP contribution in [0.15, 0.2) is 26.9 Å². The number of rotatable bonds is 6. The van der Waals surface area contributed by atoms with Crippen molar-refractivity contribution in [3.8, 4) is 0 Å². The molecular formula is C12H11Cl2N3OS3. The van der Waals surface area contributed by atoms with E-state index in [1.807, 2.05) is 0 Å². The predicted octanol–water partition coefficient (Wildman–Crippen LogP) is 4.69. The van der Waals surface area contributed by atoms with Gasteiger partial charge in [-0.05, 0) is 24.0 Å². The first kappa shape index (κ1) is 16.9. The third-order valence-corrected chi connectivity index (χ3v) is 6.00. The van der Waals surface area contributed by atoms with Gasteiger partial charge in [0.05, 0.1) is 15.8 Å². The molecule has 1 aromatic heterocycles. The Morgan fingerprint density at radius 3 is 2.62 bits per heavy atom. The van der Waals surface area contributed by atoms with Gasteiger partial charge in [-0.25, -0.2) is 0 Å². The maximum Gasteiger partial charge on any atom is 0.234 e. The molecule has 0 saturated carbocycles. The summed E-state index contributed by atoms with van der Waals surface area (Å²) in [6, 6.07) is 4.97. The molecule has 0 spiro atoms. The number of carbonyl (C=O) groups is 1. The lowest BCUT2D eigenvalue weighted by atomic mass is 10.3. The van der Waals surface area contributed by atoms with E-state index in [-0.39, 0.29) is 11.7 Å². The fourth-order valence-electron chi connectivity index (χ4n) is 1.34. The number of nitrogens with zero attached hydrogens (tertiary/aromatic N) is 2. The van der Waals surface area contributed by atoms with Gasteiger partial charge in [0.25, 0.3) is 0 Å². The Kier molecular flexibility index (Phi) is 6.63. The van der Waals surface area contributed by atoms with E-state index in [9.17, 15) is 4.79 Å². The number of hydrogen-bond acceptors (Lipinski definition) is 6. The minimum Gasteiger partial charge on any atom is -0.325 e. The number of halogens is 2. The molecule has 9 heteroatoms. The van der Waals surface area contributed by atoms with Crippen LogP contribution in [0.4, 0.5) is 5.69 Å². The molecule has 0 bridgehead atoms. The molecule has 2 aromatic rings. The highest BCUT2D eigenvalue weighted by molar-refractivity contribution is 8.03. The highest BCUT2D eigenvalue weighted by atomic mass is 35.5. The molecule has 0 aliphatic carbocycles. The van der Waals surface area contributed by atoms with Gasteiger partial charge >= 0.3 is 0 Å². The third kappa shape index (κ3) is 5.34. The van der Waals surface area contributed by atoms with Gasteiger partial charge in [-0.15, -0.1) is 10.2 Å². The number of anilines is 1. The summed E-state index contributed by atoms with van der Waals surface area (Å²) >= 11 is 16.2. The van der Waals surface area contributed by atoms with E-state index in [0.717, 1.165) is 14.4 Å². The summed E-state index contributed by atoms with van der Waals surface area (Å²) < 4.78 is 1.71. The van der Waals surface area contributed by atoms with Gasteiger partial charge in [0.2, 0.25) is 5.91 Å². The Labute approximate surface area is 145 Å².